The molecule has 0 radical (unpaired) electrons. The van der Waals surface area contributed by atoms with Crippen molar-refractivity contribution >= 4 is 17.3 Å². The predicted molar refractivity (Wildman–Crippen MR) is 124 cm³/mol. The lowest BCUT2D eigenvalue weighted by Gasteiger charge is -2.29. The number of fused-ring (bicyclic) bond motifs is 1. The summed E-state index contributed by atoms with van der Waals surface area (Å²) in [5, 5.41) is 0. The quantitative estimate of drug-likeness (QED) is 0.574. The van der Waals surface area contributed by atoms with Crippen LogP contribution < -0.4 is 9.47 Å². The molecule has 0 bridgehead atoms. The molecule has 2 aromatic heterocycles. The molecule has 0 saturated carbocycles. The Morgan fingerprint density at radius 1 is 1.03 bits per heavy atom. The smallest absolute Gasteiger partial charge is 0.410 e. The first-order valence-corrected chi connectivity index (χ1v) is 10.7. The van der Waals surface area contributed by atoms with Crippen molar-refractivity contribution in [3.8, 4) is 22.8 Å². The van der Waals surface area contributed by atoms with Gasteiger partial charge in [0, 0.05) is 31.0 Å². The highest BCUT2D eigenvalue weighted by Crippen LogP contribution is 2.32. The van der Waals surface area contributed by atoms with Gasteiger partial charge >= 0.3 is 6.09 Å². The van der Waals surface area contributed by atoms with Gasteiger partial charge in [-0.1, -0.05) is 6.08 Å². The minimum atomic E-state index is -0.488. The number of rotatable bonds is 4. The molecule has 0 N–H and O–H groups in total. The molecule has 0 saturated heterocycles. The molecule has 3 heterocycles. The Balaban J connectivity index is 1.55. The first-order chi connectivity index (χ1) is 15.3. The number of benzene rings is 1. The van der Waals surface area contributed by atoms with E-state index in [2.05, 4.69) is 18.2 Å². The molecule has 1 aliphatic rings. The number of pyridine rings is 1. The second-order valence-corrected chi connectivity index (χ2v) is 8.78. The van der Waals surface area contributed by atoms with Gasteiger partial charge in [-0.2, -0.15) is 0 Å². The monoisotopic (exact) mass is 435 g/mol. The standard InChI is InChI=1S/C25H29N3O4/c1-25(2,3)32-24(29)27-11-8-17(9-12-27)18-10-13-28-16-20(26-23(28)15-18)19-6-7-21(30-4)22(14-19)31-5/h6-8,10,13-16H,9,11-12H2,1-5H3. The average Bonchev–Trinajstić information content (AvgIpc) is 3.21. The van der Waals surface area contributed by atoms with Crippen molar-refractivity contribution in [1.82, 2.24) is 14.3 Å². The molecule has 1 aromatic carbocycles. The molecule has 0 aliphatic carbocycles. The molecule has 0 spiro atoms. The zero-order valence-corrected chi connectivity index (χ0v) is 19.2. The topological polar surface area (TPSA) is 65.3 Å². The number of amides is 1. The third-order valence-corrected chi connectivity index (χ3v) is 5.37. The average molecular weight is 436 g/mol. The fourth-order valence-electron chi connectivity index (χ4n) is 3.74. The van der Waals surface area contributed by atoms with E-state index in [9.17, 15) is 4.79 Å². The van der Waals surface area contributed by atoms with Crippen molar-refractivity contribution in [3.63, 3.8) is 0 Å². The second kappa shape index (κ2) is 8.57. The maximum atomic E-state index is 12.3. The number of methoxy groups -OCH3 is 2. The Bertz CT molecular complexity index is 1170. The zero-order valence-electron chi connectivity index (χ0n) is 19.2. The summed E-state index contributed by atoms with van der Waals surface area (Å²) in [6, 6.07) is 9.95. The van der Waals surface area contributed by atoms with Crippen molar-refractivity contribution in [2.75, 3.05) is 27.3 Å². The number of carbonyl (C=O) groups excluding carboxylic acids is 1. The maximum absolute atomic E-state index is 12.3. The number of nitrogens with zero attached hydrogens (tertiary/aromatic N) is 3. The van der Waals surface area contributed by atoms with E-state index >= 15 is 0 Å². The summed E-state index contributed by atoms with van der Waals surface area (Å²) in [5.41, 5.74) is 4.52. The summed E-state index contributed by atoms with van der Waals surface area (Å²) in [4.78, 5) is 18.8. The summed E-state index contributed by atoms with van der Waals surface area (Å²) in [7, 11) is 3.25. The summed E-state index contributed by atoms with van der Waals surface area (Å²) < 4.78 is 18.2. The van der Waals surface area contributed by atoms with E-state index in [0.717, 1.165) is 28.9 Å². The molecular weight excluding hydrogens is 406 g/mol. The Morgan fingerprint density at radius 2 is 1.81 bits per heavy atom. The Kier molecular flexibility index (Phi) is 5.82. The maximum Gasteiger partial charge on any atom is 0.410 e. The van der Waals surface area contributed by atoms with E-state index in [1.165, 1.54) is 5.57 Å². The summed E-state index contributed by atoms with van der Waals surface area (Å²) in [5.74, 6) is 1.36. The van der Waals surface area contributed by atoms with Crippen LogP contribution in [-0.4, -0.2) is 53.3 Å². The molecule has 0 unspecified atom stereocenters. The van der Waals surface area contributed by atoms with E-state index in [1.807, 2.05) is 55.8 Å². The third kappa shape index (κ3) is 4.56. The lowest BCUT2D eigenvalue weighted by Crippen LogP contribution is -2.39. The molecule has 0 fully saturated rings. The van der Waals surface area contributed by atoms with Crippen LogP contribution in [0.4, 0.5) is 4.79 Å². The van der Waals surface area contributed by atoms with E-state index < -0.39 is 5.60 Å². The van der Waals surface area contributed by atoms with Crippen LogP contribution in [0.15, 0.2) is 48.8 Å². The van der Waals surface area contributed by atoms with Gasteiger partial charge < -0.3 is 23.5 Å². The van der Waals surface area contributed by atoms with Crippen LogP contribution in [0.25, 0.3) is 22.5 Å². The summed E-state index contributed by atoms with van der Waals surface area (Å²) in [6.07, 6.45) is 6.62. The van der Waals surface area contributed by atoms with Gasteiger partial charge in [0.2, 0.25) is 0 Å². The lowest BCUT2D eigenvalue weighted by atomic mass is 10.0. The SMILES string of the molecule is COc1ccc(-c2cn3ccc(C4=CCN(C(=O)OC(C)(C)C)CC4)cc3n2)cc1OC. The van der Waals surface area contributed by atoms with Crippen LogP contribution in [0.1, 0.15) is 32.8 Å². The Hall–Kier alpha value is -3.48. The van der Waals surface area contributed by atoms with Gasteiger partial charge in [0.05, 0.1) is 19.9 Å². The minimum Gasteiger partial charge on any atom is -0.493 e. The van der Waals surface area contributed by atoms with E-state index in [-0.39, 0.29) is 6.09 Å². The number of carbonyl (C=O) groups is 1. The first kappa shape index (κ1) is 21.7. The summed E-state index contributed by atoms with van der Waals surface area (Å²) >= 11 is 0. The molecule has 168 valence electrons. The highest BCUT2D eigenvalue weighted by molar-refractivity contribution is 5.74. The molecule has 0 atom stereocenters. The Morgan fingerprint density at radius 3 is 2.47 bits per heavy atom. The predicted octanol–water partition coefficient (Wildman–Crippen LogP) is 5.04. The van der Waals surface area contributed by atoms with E-state index in [1.54, 1.807) is 19.1 Å². The first-order valence-electron chi connectivity index (χ1n) is 10.7. The molecule has 1 aliphatic heterocycles. The molecule has 7 heteroatoms. The molecule has 3 aromatic rings. The van der Waals surface area contributed by atoms with Gasteiger partial charge in [0.1, 0.15) is 11.2 Å². The number of hydrogen-bond acceptors (Lipinski definition) is 5. The summed E-state index contributed by atoms with van der Waals surface area (Å²) in [6.45, 7) is 6.82. The van der Waals surface area contributed by atoms with Crippen LogP contribution in [0, 0.1) is 0 Å². The van der Waals surface area contributed by atoms with E-state index in [4.69, 9.17) is 19.2 Å². The van der Waals surface area contributed by atoms with Crippen molar-refractivity contribution in [2.45, 2.75) is 32.8 Å². The Labute approximate surface area is 188 Å². The van der Waals surface area contributed by atoms with Crippen molar-refractivity contribution < 1.29 is 19.0 Å². The van der Waals surface area contributed by atoms with Crippen molar-refractivity contribution in [2.24, 2.45) is 0 Å². The number of aromatic nitrogens is 2. The van der Waals surface area contributed by atoms with Crippen LogP contribution in [-0.2, 0) is 4.74 Å². The second-order valence-electron chi connectivity index (χ2n) is 8.78. The van der Waals surface area contributed by atoms with Crippen LogP contribution >= 0.6 is 0 Å². The van der Waals surface area contributed by atoms with Gasteiger partial charge in [-0.3, -0.25) is 0 Å². The third-order valence-electron chi connectivity index (χ3n) is 5.37. The largest absolute Gasteiger partial charge is 0.493 e. The van der Waals surface area contributed by atoms with Gasteiger partial charge in [0.25, 0.3) is 0 Å². The van der Waals surface area contributed by atoms with Gasteiger partial charge in [-0.15, -0.1) is 0 Å². The lowest BCUT2D eigenvalue weighted by molar-refractivity contribution is 0.0270. The fraction of sp³-hybridized carbons (Fsp3) is 0.360. The van der Waals surface area contributed by atoms with Crippen molar-refractivity contribution in [1.29, 1.82) is 0 Å². The number of imidazole rings is 1. The molecule has 4 rings (SSSR count). The molecule has 7 nitrogen and oxygen atoms in total. The number of ether oxygens (including phenoxy) is 3. The van der Waals surface area contributed by atoms with Crippen LogP contribution in [0.5, 0.6) is 11.5 Å². The van der Waals surface area contributed by atoms with Gasteiger partial charge in [-0.25, -0.2) is 9.78 Å². The van der Waals surface area contributed by atoms with Crippen LogP contribution in [0.3, 0.4) is 0 Å². The van der Waals surface area contributed by atoms with E-state index in [0.29, 0.717) is 24.6 Å². The molecule has 1 amide bonds. The van der Waals surface area contributed by atoms with Crippen LogP contribution in [0.2, 0.25) is 0 Å². The number of hydrogen-bond donors (Lipinski definition) is 0. The normalized spacial score (nSPS) is 14.3. The highest BCUT2D eigenvalue weighted by Gasteiger charge is 2.24. The molecule has 32 heavy (non-hydrogen) atoms. The fourth-order valence-corrected chi connectivity index (χ4v) is 3.74. The minimum absolute atomic E-state index is 0.268. The van der Waals surface area contributed by atoms with Gasteiger partial charge in [0.15, 0.2) is 11.5 Å². The molecular formula is C25H29N3O4. The van der Waals surface area contributed by atoms with Crippen molar-refractivity contribution in [3.05, 3.63) is 54.4 Å². The zero-order chi connectivity index (χ0) is 22.9. The highest BCUT2D eigenvalue weighted by atomic mass is 16.6. The van der Waals surface area contributed by atoms with Gasteiger partial charge in [-0.05, 0) is 68.7 Å².